The molecule has 0 fully saturated rings. The molecule has 0 spiro atoms. The van der Waals surface area contributed by atoms with E-state index in [1.807, 2.05) is 12.1 Å². The van der Waals surface area contributed by atoms with E-state index in [4.69, 9.17) is 14.2 Å². The Morgan fingerprint density at radius 2 is 1.95 bits per heavy atom. The molecule has 0 saturated carbocycles. The number of benzene rings is 1. The highest BCUT2D eigenvalue weighted by Crippen LogP contribution is 2.43. The molecule has 3 rings (SSSR count). The van der Waals surface area contributed by atoms with Crippen LogP contribution in [0.4, 0.5) is 0 Å². The van der Waals surface area contributed by atoms with Crippen LogP contribution < -0.4 is 9.47 Å². The van der Waals surface area contributed by atoms with Crippen molar-refractivity contribution in [2.75, 3.05) is 6.61 Å². The summed E-state index contributed by atoms with van der Waals surface area (Å²) in [5, 5.41) is 7.89. The first-order chi connectivity index (χ1) is 10.3. The van der Waals surface area contributed by atoms with Gasteiger partial charge in [0.1, 0.15) is 0 Å². The third-order valence-corrected chi connectivity index (χ3v) is 2.70. The van der Waals surface area contributed by atoms with Gasteiger partial charge in [-0.1, -0.05) is 12.1 Å². The third-order valence-electron chi connectivity index (χ3n) is 2.70. The third kappa shape index (κ3) is 2.84. The van der Waals surface area contributed by atoms with Gasteiger partial charge in [-0.15, -0.1) is 10.2 Å². The summed E-state index contributed by atoms with van der Waals surface area (Å²) in [6.45, 7) is 2.07. The maximum Gasteiger partial charge on any atom is 0.330 e. The first kappa shape index (κ1) is 13.1. The molecule has 21 heavy (non-hydrogen) atoms. The molecule has 0 aliphatic carbocycles. The van der Waals surface area contributed by atoms with E-state index in [1.165, 1.54) is 12.2 Å². The molecule has 6 nitrogen and oxygen atoms in total. The highest BCUT2D eigenvalue weighted by Gasteiger charge is 2.20. The summed E-state index contributed by atoms with van der Waals surface area (Å²) in [6.07, 6.45) is 2.80. The van der Waals surface area contributed by atoms with Crippen LogP contribution in [0.3, 0.4) is 0 Å². The Balaban J connectivity index is 1.82. The molecule has 0 saturated heterocycles. The molecule has 1 aromatic heterocycles. The van der Waals surface area contributed by atoms with Crippen LogP contribution >= 0.6 is 0 Å². The van der Waals surface area contributed by atoms with Crippen LogP contribution in [0, 0.1) is 0 Å². The van der Waals surface area contributed by atoms with Gasteiger partial charge in [-0.2, -0.15) is 0 Å². The Bertz CT molecular complexity index is 713. The van der Waals surface area contributed by atoms with Crippen LogP contribution in [0.2, 0.25) is 0 Å². The van der Waals surface area contributed by atoms with Crippen molar-refractivity contribution < 1.29 is 19.0 Å². The number of aromatic nitrogens is 2. The number of esters is 1. The Labute approximate surface area is 121 Å². The Hall–Kier alpha value is -2.89. The van der Waals surface area contributed by atoms with E-state index in [0.29, 0.717) is 35.4 Å². The van der Waals surface area contributed by atoms with E-state index < -0.39 is 5.97 Å². The average molecular weight is 284 g/mol. The summed E-state index contributed by atoms with van der Waals surface area (Å²) < 4.78 is 16.1. The number of nitrogens with zero attached hydrogens (tertiary/aromatic N) is 2. The summed E-state index contributed by atoms with van der Waals surface area (Å²) >= 11 is 0. The molecule has 106 valence electrons. The van der Waals surface area contributed by atoms with E-state index in [2.05, 4.69) is 10.2 Å². The maximum absolute atomic E-state index is 11.3. The zero-order chi connectivity index (χ0) is 14.7. The first-order valence-electron chi connectivity index (χ1n) is 6.43. The minimum absolute atomic E-state index is 0.294. The second-order valence-electron chi connectivity index (χ2n) is 4.17. The van der Waals surface area contributed by atoms with E-state index in [1.54, 1.807) is 25.1 Å². The smallest absolute Gasteiger partial charge is 0.330 e. The number of hydrogen-bond donors (Lipinski definition) is 0. The lowest BCUT2D eigenvalue weighted by atomic mass is 10.3. The quantitative estimate of drug-likeness (QED) is 0.544. The molecule has 0 amide bonds. The molecule has 0 bridgehead atoms. The van der Waals surface area contributed by atoms with E-state index in [0.717, 1.165) is 0 Å². The van der Waals surface area contributed by atoms with Crippen LogP contribution in [-0.2, 0) is 9.53 Å². The van der Waals surface area contributed by atoms with Crippen LogP contribution in [0.15, 0.2) is 36.4 Å². The monoisotopic (exact) mass is 284 g/mol. The molecule has 0 atom stereocenters. The Morgan fingerprint density at radius 3 is 2.71 bits per heavy atom. The topological polar surface area (TPSA) is 70.5 Å². The Kier molecular flexibility index (Phi) is 3.51. The minimum Gasteiger partial charge on any atom is -0.463 e. The number of carbonyl (C=O) groups excluding carboxylic acids is 1. The maximum atomic E-state index is 11.3. The van der Waals surface area contributed by atoms with Gasteiger partial charge >= 0.3 is 5.97 Å². The molecule has 2 aromatic rings. The lowest BCUT2D eigenvalue weighted by Crippen LogP contribution is -2.03. The fourth-order valence-electron chi connectivity index (χ4n) is 1.79. The molecule has 2 heterocycles. The molecule has 6 heteroatoms. The average Bonchev–Trinajstić information content (AvgIpc) is 2.51. The predicted molar refractivity (Wildman–Crippen MR) is 74.3 cm³/mol. The SMILES string of the molecule is CCOC(=O)C=Cc1cc2c(nn1)Oc1ccccc1O2. The van der Waals surface area contributed by atoms with Gasteiger partial charge in [-0.25, -0.2) is 4.79 Å². The number of fused-ring (bicyclic) bond motifs is 2. The van der Waals surface area contributed by atoms with Gasteiger partial charge in [-0.05, 0) is 25.1 Å². The van der Waals surface area contributed by atoms with Crippen LogP contribution in [0.25, 0.3) is 6.08 Å². The normalized spacial score (nSPS) is 12.0. The number of rotatable bonds is 3. The van der Waals surface area contributed by atoms with Crippen molar-refractivity contribution in [2.24, 2.45) is 0 Å². The molecule has 0 N–H and O–H groups in total. The summed E-state index contributed by atoms with van der Waals surface area (Å²) in [7, 11) is 0. The van der Waals surface area contributed by atoms with Gasteiger partial charge in [0, 0.05) is 12.1 Å². The standard InChI is InChI=1S/C15H12N2O4/c1-2-19-14(18)8-7-10-9-13-15(17-16-10)21-12-6-4-3-5-11(12)20-13/h3-9H,2H2,1H3. The fraction of sp³-hybridized carbons (Fsp3) is 0.133. The van der Waals surface area contributed by atoms with Crippen LogP contribution in [0.1, 0.15) is 12.6 Å². The molecule has 0 unspecified atom stereocenters. The predicted octanol–water partition coefficient (Wildman–Crippen LogP) is 2.95. The van der Waals surface area contributed by atoms with Gasteiger partial charge < -0.3 is 14.2 Å². The van der Waals surface area contributed by atoms with Gasteiger partial charge in [0.2, 0.25) is 0 Å². The van der Waals surface area contributed by atoms with E-state index >= 15 is 0 Å². The molecule has 1 aliphatic rings. The fourth-order valence-corrected chi connectivity index (χ4v) is 1.79. The molecule has 1 aromatic carbocycles. The zero-order valence-corrected chi connectivity index (χ0v) is 11.3. The van der Waals surface area contributed by atoms with Crippen molar-refractivity contribution in [1.29, 1.82) is 0 Å². The molecular formula is C15H12N2O4. The largest absolute Gasteiger partial charge is 0.463 e. The zero-order valence-electron chi connectivity index (χ0n) is 11.3. The van der Waals surface area contributed by atoms with Crippen molar-refractivity contribution in [1.82, 2.24) is 10.2 Å². The summed E-state index contributed by atoms with van der Waals surface area (Å²) in [6, 6.07) is 8.93. The summed E-state index contributed by atoms with van der Waals surface area (Å²) in [5.74, 6) is 1.51. The number of hydrogen-bond acceptors (Lipinski definition) is 6. The molecule has 1 aliphatic heterocycles. The van der Waals surface area contributed by atoms with Crippen LogP contribution in [-0.4, -0.2) is 22.8 Å². The van der Waals surface area contributed by atoms with Crippen LogP contribution in [0.5, 0.6) is 23.1 Å². The highest BCUT2D eigenvalue weighted by molar-refractivity contribution is 5.86. The van der Waals surface area contributed by atoms with E-state index in [-0.39, 0.29) is 0 Å². The van der Waals surface area contributed by atoms with Crippen molar-refractivity contribution in [3.05, 3.63) is 42.1 Å². The summed E-state index contributed by atoms with van der Waals surface area (Å²) in [5.41, 5.74) is 0.477. The number of ether oxygens (including phenoxy) is 3. The number of para-hydroxylation sites is 2. The van der Waals surface area contributed by atoms with Gasteiger partial charge in [0.05, 0.1) is 12.3 Å². The lowest BCUT2D eigenvalue weighted by Gasteiger charge is -2.18. The van der Waals surface area contributed by atoms with Crippen molar-refractivity contribution in [2.45, 2.75) is 6.92 Å². The molecular weight excluding hydrogens is 272 g/mol. The second-order valence-corrected chi connectivity index (χ2v) is 4.17. The van der Waals surface area contributed by atoms with Crippen molar-refractivity contribution in [3.63, 3.8) is 0 Å². The van der Waals surface area contributed by atoms with Crippen molar-refractivity contribution in [3.8, 4) is 23.1 Å². The minimum atomic E-state index is -0.431. The van der Waals surface area contributed by atoms with E-state index in [9.17, 15) is 4.79 Å². The highest BCUT2D eigenvalue weighted by atomic mass is 16.6. The number of carbonyl (C=O) groups is 1. The molecule has 0 radical (unpaired) electrons. The lowest BCUT2D eigenvalue weighted by molar-refractivity contribution is -0.137. The second kappa shape index (κ2) is 5.62. The Morgan fingerprint density at radius 1 is 1.19 bits per heavy atom. The van der Waals surface area contributed by atoms with Gasteiger partial charge in [0.15, 0.2) is 17.2 Å². The van der Waals surface area contributed by atoms with Crippen molar-refractivity contribution >= 4 is 12.0 Å². The van der Waals surface area contributed by atoms with Gasteiger partial charge in [0.25, 0.3) is 5.88 Å². The van der Waals surface area contributed by atoms with Gasteiger partial charge in [-0.3, -0.25) is 0 Å². The summed E-state index contributed by atoms with van der Waals surface area (Å²) in [4.78, 5) is 11.3. The first-order valence-corrected chi connectivity index (χ1v) is 6.43.